The Morgan fingerprint density at radius 2 is 1.56 bits per heavy atom. The summed E-state index contributed by atoms with van der Waals surface area (Å²) in [6, 6.07) is 36.9. The van der Waals surface area contributed by atoms with Crippen LogP contribution in [0.4, 0.5) is 0 Å². The van der Waals surface area contributed by atoms with Gasteiger partial charge in [0.25, 0.3) is 0 Å². The molecular formula is C34H27N3OPt. The number of benzene rings is 3. The Bertz CT molecular complexity index is 1690. The van der Waals surface area contributed by atoms with Crippen LogP contribution in [-0.4, -0.2) is 14.5 Å². The summed E-state index contributed by atoms with van der Waals surface area (Å²) in [4.78, 5) is 9.15. The van der Waals surface area contributed by atoms with E-state index in [0.29, 0.717) is 11.8 Å². The van der Waals surface area contributed by atoms with Crippen LogP contribution in [0.5, 0.6) is 11.8 Å². The Balaban J connectivity index is 0.000000339. The van der Waals surface area contributed by atoms with Crippen molar-refractivity contribution in [3.05, 3.63) is 133 Å². The normalized spacial score (nSPS) is 10.7. The molecule has 0 saturated carbocycles. The fraction of sp³-hybridized carbons (Fsp3) is 0.118. The van der Waals surface area contributed by atoms with Gasteiger partial charge in [-0.3, -0.25) is 5.92 Å². The minimum Gasteiger partial charge on any atom is -0.421 e. The van der Waals surface area contributed by atoms with Crippen LogP contribution in [0.3, 0.4) is 0 Å². The molecule has 3 aromatic carbocycles. The van der Waals surface area contributed by atoms with E-state index in [1.807, 2.05) is 78.9 Å². The molecule has 0 aliphatic carbocycles. The second-order valence-corrected chi connectivity index (χ2v) is 9.84. The zero-order chi connectivity index (χ0) is 26.5. The van der Waals surface area contributed by atoms with Crippen LogP contribution in [0.1, 0.15) is 31.9 Å². The van der Waals surface area contributed by atoms with E-state index in [1.54, 1.807) is 6.20 Å². The maximum atomic E-state index is 6.69. The molecule has 0 radical (unpaired) electrons. The Labute approximate surface area is 244 Å². The number of ether oxygens (including phenoxy) is 1. The van der Waals surface area contributed by atoms with Gasteiger partial charge in [-0.15, -0.1) is 23.1 Å². The van der Waals surface area contributed by atoms with E-state index in [4.69, 9.17) is 16.1 Å². The average Bonchev–Trinajstić information content (AvgIpc) is 3.28. The molecule has 5 heteroatoms. The molecule has 0 bridgehead atoms. The van der Waals surface area contributed by atoms with Gasteiger partial charge >= 0.3 is 21.1 Å². The molecule has 0 spiro atoms. The predicted octanol–water partition coefficient (Wildman–Crippen LogP) is 8.09. The molecule has 3 aromatic heterocycles. The standard InChI is InChI=1S/C26H22N3O.C8H5.Pt/c1-26(2,3)18-15-16-27-25(17-18)30-24-14-8-13-23(28-24)29-21-11-6-4-9-19(21)20-10-5-7-12-22(20)29;1-2-8-6-4-3-5-7-8;/h4-11,13-17H,1-3H3;3-7H;/q2*-1;+2. The van der Waals surface area contributed by atoms with Crippen molar-refractivity contribution in [2.24, 2.45) is 0 Å². The summed E-state index contributed by atoms with van der Waals surface area (Å²) in [5.74, 6) is 4.11. The summed E-state index contributed by atoms with van der Waals surface area (Å²) in [6.45, 7) is 6.51. The van der Waals surface area contributed by atoms with Crippen molar-refractivity contribution in [1.82, 2.24) is 14.5 Å². The van der Waals surface area contributed by atoms with Gasteiger partial charge in [0.15, 0.2) is 0 Å². The number of para-hydroxylation sites is 2. The monoisotopic (exact) mass is 688 g/mol. The fourth-order valence-corrected chi connectivity index (χ4v) is 4.23. The Morgan fingerprint density at radius 3 is 2.31 bits per heavy atom. The second-order valence-electron chi connectivity index (χ2n) is 9.84. The molecule has 0 saturated heterocycles. The Kier molecular flexibility index (Phi) is 8.65. The van der Waals surface area contributed by atoms with E-state index >= 15 is 0 Å². The van der Waals surface area contributed by atoms with E-state index in [0.717, 1.165) is 27.8 Å². The maximum absolute atomic E-state index is 6.69. The zero-order valence-electron chi connectivity index (χ0n) is 22.0. The summed E-state index contributed by atoms with van der Waals surface area (Å²) in [5, 5.41) is 2.33. The van der Waals surface area contributed by atoms with Gasteiger partial charge in [0.05, 0.1) is 0 Å². The first-order chi connectivity index (χ1) is 18.4. The summed E-state index contributed by atoms with van der Waals surface area (Å²) in [5.41, 5.74) is 4.10. The largest absolute Gasteiger partial charge is 2.00 e. The third-order valence-corrected chi connectivity index (χ3v) is 6.16. The van der Waals surface area contributed by atoms with Gasteiger partial charge in [0, 0.05) is 23.8 Å². The summed E-state index contributed by atoms with van der Waals surface area (Å²) in [7, 11) is 0. The maximum Gasteiger partial charge on any atom is 2.00 e. The van der Waals surface area contributed by atoms with Gasteiger partial charge in [-0.05, 0) is 34.6 Å². The number of hydrogen-bond donors (Lipinski definition) is 0. The molecule has 6 rings (SSSR count). The number of pyridine rings is 2. The van der Waals surface area contributed by atoms with Crippen molar-refractivity contribution in [2.75, 3.05) is 0 Å². The van der Waals surface area contributed by atoms with E-state index in [-0.39, 0.29) is 26.5 Å². The first kappa shape index (κ1) is 27.8. The second kappa shape index (κ2) is 12.1. The number of rotatable bonds is 3. The number of fused-ring (bicyclic) bond motifs is 3. The van der Waals surface area contributed by atoms with Crippen molar-refractivity contribution in [1.29, 1.82) is 0 Å². The van der Waals surface area contributed by atoms with Crippen molar-refractivity contribution in [3.8, 4) is 23.5 Å². The number of aromatic nitrogens is 3. The Morgan fingerprint density at radius 1 is 0.821 bits per heavy atom. The van der Waals surface area contributed by atoms with Crippen LogP contribution < -0.4 is 4.74 Å². The van der Waals surface area contributed by atoms with E-state index in [2.05, 4.69) is 66.6 Å². The van der Waals surface area contributed by atoms with Crippen molar-refractivity contribution >= 4 is 21.8 Å². The van der Waals surface area contributed by atoms with E-state index in [1.165, 1.54) is 10.9 Å². The first-order valence-corrected chi connectivity index (χ1v) is 12.4. The number of nitrogens with zero attached hydrogens (tertiary/aromatic N) is 3. The van der Waals surface area contributed by atoms with Crippen LogP contribution in [0, 0.1) is 18.4 Å². The molecule has 194 valence electrons. The van der Waals surface area contributed by atoms with Crippen LogP contribution in [0.2, 0.25) is 0 Å². The molecule has 0 N–H and O–H groups in total. The topological polar surface area (TPSA) is 39.9 Å². The molecule has 0 unspecified atom stereocenters. The number of hydrogen-bond acceptors (Lipinski definition) is 3. The third-order valence-electron chi connectivity index (χ3n) is 6.16. The molecule has 0 aliphatic rings. The van der Waals surface area contributed by atoms with Crippen LogP contribution in [0.25, 0.3) is 27.6 Å². The van der Waals surface area contributed by atoms with Gasteiger partial charge in [0.2, 0.25) is 11.8 Å². The van der Waals surface area contributed by atoms with Gasteiger partial charge in [0.1, 0.15) is 5.82 Å². The van der Waals surface area contributed by atoms with E-state index in [9.17, 15) is 0 Å². The third kappa shape index (κ3) is 6.28. The first-order valence-electron chi connectivity index (χ1n) is 12.4. The minimum atomic E-state index is 0. The van der Waals surface area contributed by atoms with Crippen LogP contribution >= 0.6 is 0 Å². The van der Waals surface area contributed by atoms with Crippen molar-refractivity contribution < 1.29 is 25.8 Å². The molecule has 0 atom stereocenters. The molecule has 39 heavy (non-hydrogen) atoms. The fourth-order valence-electron chi connectivity index (χ4n) is 4.23. The summed E-state index contributed by atoms with van der Waals surface area (Å²) < 4.78 is 8.15. The molecule has 0 aliphatic heterocycles. The van der Waals surface area contributed by atoms with Crippen molar-refractivity contribution in [3.63, 3.8) is 0 Å². The van der Waals surface area contributed by atoms with Crippen LogP contribution in [-0.2, 0) is 26.5 Å². The molecule has 6 aromatic rings. The molecular weight excluding hydrogens is 661 g/mol. The van der Waals surface area contributed by atoms with Gasteiger partial charge in [-0.2, -0.15) is 29.2 Å². The molecule has 3 heterocycles. The van der Waals surface area contributed by atoms with Gasteiger partial charge in [-0.1, -0.05) is 68.8 Å². The SMILES string of the molecule is CC(C)(C)c1ccnc(Oc2cccc(-n3c4[c-]cccc4c4ccccc43)n2)c1.[C-]#Cc1ccccc1.[Pt+2]. The van der Waals surface area contributed by atoms with Crippen LogP contribution in [0.15, 0.2) is 109 Å². The summed E-state index contributed by atoms with van der Waals surface area (Å²) in [6.07, 6.45) is 8.47. The molecule has 0 amide bonds. The van der Waals surface area contributed by atoms with Gasteiger partial charge < -0.3 is 15.7 Å². The molecule has 4 nitrogen and oxygen atoms in total. The quantitative estimate of drug-likeness (QED) is 0.140. The Hall–Kier alpha value is -4.19. The predicted molar refractivity (Wildman–Crippen MR) is 153 cm³/mol. The van der Waals surface area contributed by atoms with Crippen molar-refractivity contribution in [2.45, 2.75) is 26.2 Å². The van der Waals surface area contributed by atoms with E-state index < -0.39 is 0 Å². The smallest absolute Gasteiger partial charge is 0.421 e. The average molecular weight is 689 g/mol. The minimum absolute atomic E-state index is 0. The molecule has 0 fully saturated rings. The van der Waals surface area contributed by atoms with Gasteiger partial charge in [-0.25, -0.2) is 4.98 Å². The zero-order valence-corrected chi connectivity index (χ0v) is 24.2. The summed E-state index contributed by atoms with van der Waals surface area (Å²) >= 11 is 0.